The van der Waals surface area contributed by atoms with Crippen LogP contribution in [0.15, 0.2) is 30.5 Å². The molecule has 2 nitrogen and oxygen atoms in total. The predicted octanol–water partition coefficient (Wildman–Crippen LogP) is 3.99. The van der Waals surface area contributed by atoms with Crippen molar-refractivity contribution in [3.63, 3.8) is 0 Å². The van der Waals surface area contributed by atoms with Crippen molar-refractivity contribution in [2.24, 2.45) is 0 Å². The Labute approximate surface area is 128 Å². The average Bonchev–Trinajstić information content (AvgIpc) is 2.86. The van der Waals surface area contributed by atoms with Crippen LogP contribution in [0.4, 0.5) is 0 Å². The molecule has 0 atom stereocenters. The maximum absolute atomic E-state index is 3.39. The summed E-state index contributed by atoms with van der Waals surface area (Å²) in [5.41, 5.74) is 2.82. The van der Waals surface area contributed by atoms with E-state index in [9.17, 15) is 0 Å². The Balaban J connectivity index is 2.05. The van der Waals surface area contributed by atoms with Gasteiger partial charge in [-0.15, -0.1) is 11.8 Å². The van der Waals surface area contributed by atoms with Crippen LogP contribution < -0.4 is 5.32 Å². The molecule has 21 heavy (non-hydrogen) atoms. The quantitative estimate of drug-likeness (QED) is 0.572. The molecule has 1 aromatic carbocycles. The summed E-state index contributed by atoms with van der Waals surface area (Å²) < 4.78 is 2.36. The summed E-state index contributed by atoms with van der Waals surface area (Å²) in [6.45, 7) is 7.24. The van der Waals surface area contributed by atoms with Crippen molar-refractivity contribution in [3.05, 3.63) is 36.0 Å². The van der Waals surface area contributed by atoms with Gasteiger partial charge in [-0.25, -0.2) is 0 Å². The molecule has 0 aliphatic carbocycles. The summed E-state index contributed by atoms with van der Waals surface area (Å²) in [4.78, 5) is 0. The van der Waals surface area contributed by atoms with E-state index in [0.717, 1.165) is 26.1 Å². The van der Waals surface area contributed by atoms with Crippen LogP contribution in [0.1, 0.15) is 38.7 Å². The van der Waals surface area contributed by atoms with Gasteiger partial charge in [0.15, 0.2) is 0 Å². The van der Waals surface area contributed by atoms with E-state index in [0.29, 0.717) is 0 Å². The second kappa shape index (κ2) is 8.54. The number of rotatable bonds is 8. The highest BCUT2D eigenvalue weighted by atomic mass is 15.0. The minimum Gasteiger partial charge on any atom is -0.346 e. The molecule has 0 fully saturated rings. The van der Waals surface area contributed by atoms with Crippen molar-refractivity contribution in [3.8, 4) is 11.8 Å². The lowest BCUT2D eigenvalue weighted by molar-refractivity contribution is 0.640. The lowest BCUT2D eigenvalue weighted by atomic mass is 10.1. The normalized spacial score (nSPS) is 10.6. The molecule has 0 aliphatic heterocycles. The van der Waals surface area contributed by atoms with Crippen LogP contribution in [0, 0.1) is 11.8 Å². The lowest BCUT2D eigenvalue weighted by Crippen LogP contribution is -2.13. The number of fused-ring (bicyclic) bond motifs is 1. The van der Waals surface area contributed by atoms with Gasteiger partial charge in [0.1, 0.15) is 0 Å². The van der Waals surface area contributed by atoms with Crippen LogP contribution in [0.25, 0.3) is 10.9 Å². The molecule has 112 valence electrons. The molecule has 1 N–H and O–H groups in total. The number of benzene rings is 1. The fraction of sp³-hybridized carbons (Fsp3) is 0.474. The molecule has 0 bridgehead atoms. The highest BCUT2D eigenvalue weighted by molar-refractivity contribution is 5.84. The number of nitrogens with zero attached hydrogens (tertiary/aromatic N) is 1. The molecule has 1 aromatic heterocycles. The number of unbranched alkanes of at least 4 members (excludes halogenated alkanes) is 1. The molecular weight excluding hydrogens is 256 g/mol. The largest absolute Gasteiger partial charge is 0.346 e. The summed E-state index contributed by atoms with van der Waals surface area (Å²) in [6, 6.07) is 8.73. The Bertz CT molecular complexity index is 613. The maximum Gasteiger partial charge on any atom is 0.0483 e. The monoisotopic (exact) mass is 282 g/mol. The van der Waals surface area contributed by atoms with E-state index in [4.69, 9.17) is 0 Å². The topological polar surface area (TPSA) is 17.0 Å². The van der Waals surface area contributed by atoms with E-state index in [1.54, 1.807) is 0 Å². The van der Waals surface area contributed by atoms with Gasteiger partial charge in [0.25, 0.3) is 0 Å². The van der Waals surface area contributed by atoms with Gasteiger partial charge < -0.3 is 9.88 Å². The highest BCUT2D eigenvalue weighted by Crippen LogP contribution is 2.23. The fourth-order valence-corrected chi connectivity index (χ4v) is 2.75. The second-order valence-corrected chi connectivity index (χ2v) is 5.35. The molecule has 0 saturated carbocycles. The first-order valence-corrected chi connectivity index (χ1v) is 8.04. The van der Waals surface area contributed by atoms with Crippen LogP contribution in [0.2, 0.25) is 0 Å². The van der Waals surface area contributed by atoms with Gasteiger partial charge in [0.05, 0.1) is 0 Å². The zero-order chi connectivity index (χ0) is 14.9. The summed E-state index contributed by atoms with van der Waals surface area (Å²) in [6.07, 6.45) is 6.91. The number of aromatic nitrogens is 1. The zero-order valence-corrected chi connectivity index (χ0v) is 13.3. The van der Waals surface area contributed by atoms with Crippen molar-refractivity contribution in [2.45, 2.75) is 46.1 Å². The van der Waals surface area contributed by atoms with E-state index in [1.165, 1.54) is 35.7 Å². The van der Waals surface area contributed by atoms with E-state index in [2.05, 4.69) is 59.1 Å². The van der Waals surface area contributed by atoms with Crippen LogP contribution in [-0.2, 0) is 13.0 Å². The van der Waals surface area contributed by atoms with E-state index < -0.39 is 0 Å². The summed E-state index contributed by atoms with van der Waals surface area (Å²) >= 11 is 0. The first kappa shape index (κ1) is 15.7. The minimum absolute atomic E-state index is 0.926. The summed E-state index contributed by atoms with van der Waals surface area (Å²) in [5, 5.41) is 4.80. The smallest absolute Gasteiger partial charge is 0.0483 e. The molecule has 0 spiro atoms. The van der Waals surface area contributed by atoms with Crippen molar-refractivity contribution in [1.29, 1.82) is 0 Å². The van der Waals surface area contributed by atoms with Crippen LogP contribution in [0.3, 0.4) is 0 Å². The summed E-state index contributed by atoms with van der Waals surface area (Å²) in [5.74, 6) is 6.13. The van der Waals surface area contributed by atoms with Crippen LogP contribution in [-0.4, -0.2) is 17.7 Å². The maximum atomic E-state index is 3.39. The Morgan fingerprint density at radius 1 is 1.19 bits per heavy atom. The van der Waals surface area contributed by atoms with Gasteiger partial charge in [0, 0.05) is 30.1 Å². The standard InChI is InChI=1S/C19H26N2/c1-3-5-10-15-21-16-17(11-8-9-14-20-4-2)18-12-6-7-13-19(18)21/h6-7,12-13,16,20H,4,8-11,14-15H2,1-2H3. The Morgan fingerprint density at radius 2 is 2.05 bits per heavy atom. The number of aryl methyl sites for hydroxylation is 2. The van der Waals surface area contributed by atoms with E-state index >= 15 is 0 Å². The molecule has 0 radical (unpaired) electrons. The average molecular weight is 282 g/mol. The van der Waals surface area contributed by atoms with Crippen molar-refractivity contribution in [1.82, 2.24) is 9.88 Å². The lowest BCUT2D eigenvalue weighted by Gasteiger charge is -2.01. The zero-order valence-electron chi connectivity index (χ0n) is 13.3. The van der Waals surface area contributed by atoms with Gasteiger partial charge in [-0.2, -0.15) is 0 Å². The van der Waals surface area contributed by atoms with Crippen molar-refractivity contribution in [2.75, 3.05) is 13.1 Å². The number of para-hydroxylation sites is 1. The van der Waals surface area contributed by atoms with Crippen molar-refractivity contribution >= 4 is 10.9 Å². The molecule has 0 unspecified atom stereocenters. The van der Waals surface area contributed by atoms with Gasteiger partial charge in [-0.3, -0.25) is 0 Å². The Kier molecular flexibility index (Phi) is 6.37. The predicted molar refractivity (Wildman–Crippen MR) is 91.5 cm³/mol. The molecule has 2 rings (SSSR count). The van der Waals surface area contributed by atoms with E-state index in [1.807, 2.05) is 6.92 Å². The third kappa shape index (κ3) is 4.37. The molecule has 1 heterocycles. The molecule has 2 heteroatoms. The number of hydrogen-bond acceptors (Lipinski definition) is 1. The third-order valence-corrected chi connectivity index (χ3v) is 3.83. The van der Waals surface area contributed by atoms with Gasteiger partial charge >= 0.3 is 0 Å². The highest BCUT2D eigenvalue weighted by Gasteiger charge is 2.07. The van der Waals surface area contributed by atoms with Crippen LogP contribution in [0.5, 0.6) is 0 Å². The minimum atomic E-state index is 0.926. The van der Waals surface area contributed by atoms with E-state index in [-0.39, 0.29) is 0 Å². The second-order valence-electron chi connectivity index (χ2n) is 5.35. The molecule has 0 aliphatic rings. The number of nitrogens with one attached hydrogen (secondary N) is 1. The Hall–Kier alpha value is -1.72. The summed E-state index contributed by atoms with van der Waals surface area (Å²) in [7, 11) is 0. The first-order valence-electron chi connectivity index (χ1n) is 8.04. The first-order chi connectivity index (χ1) is 10.4. The molecule has 2 aromatic rings. The SMILES string of the molecule is CC#CCCn1cc(CCCCNCC)c2ccccc21. The number of hydrogen-bond donors (Lipinski definition) is 1. The van der Waals surface area contributed by atoms with Gasteiger partial charge in [-0.05, 0) is 50.9 Å². The molecule has 0 amide bonds. The Morgan fingerprint density at radius 3 is 2.86 bits per heavy atom. The van der Waals surface area contributed by atoms with Gasteiger partial charge in [-0.1, -0.05) is 25.1 Å². The van der Waals surface area contributed by atoms with Crippen molar-refractivity contribution < 1.29 is 0 Å². The fourth-order valence-electron chi connectivity index (χ4n) is 2.75. The third-order valence-electron chi connectivity index (χ3n) is 3.83. The molecule has 0 saturated heterocycles. The van der Waals surface area contributed by atoms with Gasteiger partial charge in [0.2, 0.25) is 0 Å². The van der Waals surface area contributed by atoms with Crippen LogP contribution >= 0.6 is 0 Å². The molecular formula is C19H26N2.